The maximum atomic E-state index is 12.0. The predicted molar refractivity (Wildman–Crippen MR) is 53.9 cm³/mol. The summed E-state index contributed by atoms with van der Waals surface area (Å²) in [6, 6.07) is 4.26. The first-order valence-corrected chi connectivity index (χ1v) is 4.64. The maximum absolute atomic E-state index is 12.0. The Morgan fingerprint density at radius 1 is 1.59 bits per heavy atom. The first kappa shape index (κ1) is 12.9. The van der Waals surface area contributed by atoms with Gasteiger partial charge in [0.2, 0.25) is 0 Å². The molecule has 0 aliphatic heterocycles. The third-order valence-electron chi connectivity index (χ3n) is 2.07. The Morgan fingerprint density at radius 2 is 2.24 bits per heavy atom. The van der Waals surface area contributed by atoms with Crippen molar-refractivity contribution >= 4 is 5.97 Å². The van der Waals surface area contributed by atoms with Crippen LogP contribution in [0.1, 0.15) is 16.7 Å². The van der Waals surface area contributed by atoms with Crippen molar-refractivity contribution in [1.29, 1.82) is 5.26 Å². The number of carboxylic acids is 1. The molecule has 6 heteroatoms. The lowest BCUT2D eigenvalue weighted by Crippen LogP contribution is -2.07. The van der Waals surface area contributed by atoms with Gasteiger partial charge in [0.15, 0.2) is 0 Å². The van der Waals surface area contributed by atoms with Gasteiger partial charge in [-0.2, -0.15) is 14.0 Å². The molecule has 0 aliphatic carbocycles. The number of aliphatic carboxylic acids is 1. The van der Waals surface area contributed by atoms with Crippen LogP contribution in [0.3, 0.4) is 0 Å². The summed E-state index contributed by atoms with van der Waals surface area (Å²) >= 11 is 0. The second-order valence-electron chi connectivity index (χ2n) is 3.34. The predicted octanol–water partition coefficient (Wildman–Crippen LogP) is 2.10. The van der Waals surface area contributed by atoms with Gasteiger partial charge in [0, 0.05) is 0 Å². The van der Waals surface area contributed by atoms with Gasteiger partial charge in [0.25, 0.3) is 0 Å². The van der Waals surface area contributed by atoms with Crippen molar-refractivity contribution in [3.05, 3.63) is 28.8 Å². The van der Waals surface area contributed by atoms with Gasteiger partial charge in [-0.15, -0.1) is 0 Å². The van der Waals surface area contributed by atoms with Gasteiger partial charge in [0.1, 0.15) is 5.75 Å². The van der Waals surface area contributed by atoms with Crippen molar-refractivity contribution in [2.24, 2.45) is 0 Å². The first-order chi connectivity index (χ1) is 7.93. The minimum absolute atomic E-state index is 0.146. The highest BCUT2D eigenvalue weighted by Crippen LogP contribution is 2.23. The minimum atomic E-state index is -2.99. The second kappa shape index (κ2) is 5.25. The fourth-order valence-corrected chi connectivity index (χ4v) is 1.46. The van der Waals surface area contributed by atoms with Crippen LogP contribution < -0.4 is 4.74 Å². The maximum Gasteiger partial charge on any atom is 0.387 e. The van der Waals surface area contributed by atoms with E-state index in [9.17, 15) is 13.6 Å². The first-order valence-electron chi connectivity index (χ1n) is 4.64. The molecule has 0 saturated heterocycles. The molecular weight excluding hydrogens is 232 g/mol. The number of nitriles is 1. The highest BCUT2D eigenvalue weighted by Gasteiger charge is 2.13. The van der Waals surface area contributed by atoms with Crippen molar-refractivity contribution in [2.75, 3.05) is 0 Å². The molecule has 17 heavy (non-hydrogen) atoms. The van der Waals surface area contributed by atoms with Crippen LogP contribution in [-0.4, -0.2) is 17.7 Å². The van der Waals surface area contributed by atoms with E-state index in [1.54, 1.807) is 0 Å². The van der Waals surface area contributed by atoms with Crippen LogP contribution in [0.4, 0.5) is 8.78 Å². The Labute approximate surface area is 96.0 Å². The van der Waals surface area contributed by atoms with Crippen LogP contribution in [0.5, 0.6) is 5.75 Å². The van der Waals surface area contributed by atoms with Gasteiger partial charge in [-0.05, 0) is 30.2 Å². The molecule has 1 N–H and O–H groups in total. The largest absolute Gasteiger partial charge is 0.481 e. The number of hydrogen-bond acceptors (Lipinski definition) is 3. The van der Waals surface area contributed by atoms with Crippen LogP contribution >= 0.6 is 0 Å². The summed E-state index contributed by atoms with van der Waals surface area (Å²) in [5, 5.41) is 17.5. The Balaban J connectivity index is 3.19. The number of nitrogens with zero attached hydrogens (tertiary/aromatic N) is 1. The summed E-state index contributed by atoms with van der Waals surface area (Å²) in [6.45, 7) is -1.46. The van der Waals surface area contributed by atoms with Crippen LogP contribution in [0, 0.1) is 18.3 Å². The highest BCUT2D eigenvalue weighted by atomic mass is 19.3. The van der Waals surface area contributed by atoms with E-state index in [4.69, 9.17) is 10.4 Å². The van der Waals surface area contributed by atoms with E-state index < -0.39 is 19.0 Å². The molecule has 0 spiro atoms. The number of benzene rings is 1. The van der Waals surface area contributed by atoms with Gasteiger partial charge in [-0.3, -0.25) is 4.79 Å². The Kier molecular flexibility index (Phi) is 3.99. The number of halogens is 2. The average molecular weight is 241 g/mol. The molecule has 0 atom stereocenters. The van der Waals surface area contributed by atoms with Crippen molar-refractivity contribution in [3.8, 4) is 11.8 Å². The zero-order valence-corrected chi connectivity index (χ0v) is 8.91. The third-order valence-corrected chi connectivity index (χ3v) is 2.07. The van der Waals surface area contributed by atoms with Crippen LogP contribution in [0.25, 0.3) is 0 Å². The summed E-state index contributed by atoms with van der Waals surface area (Å²) in [6.07, 6.45) is -0.413. The molecule has 1 aromatic rings. The third kappa shape index (κ3) is 3.41. The second-order valence-corrected chi connectivity index (χ2v) is 3.34. The monoisotopic (exact) mass is 241 g/mol. The molecule has 0 unspecified atom stereocenters. The Morgan fingerprint density at radius 3 is 2.71 bits per heavy atom. The Bertz CT molecular complexity index is 480. The molecule has 90 valence electrons. The number of rotatable bonds is 4. The fourth-order valence-electron chi connectivity index (χ4n) is 1.46. The summed E-state index contributed by atoms with van der Waals surface area (Å²) in [4.78, 5) is 10.6. The van der Waals surface area contributed by atoms with E-state index in [0.29, 0.717) is 5.56 Å². The lowest BCUT2D eigenvalue weighted by Gasteiger charge is -2.10. The molecule has 4 nitrogen and oxygen atoms in total. The fraction of sp³-hybridized carbons (Fsp3) is 0.273. The van der Waals surface area contributed by atoms with Gasteiger partial charge in [-0.25, -0.2) is 0 Å². The zero-order valence-electron chi connectivity index (χ0n) is 8.91. The standard InChI is InChI=1S/C11H9F2NO3/c1-6-2-8(17-11(12)13)3-7(4-10(15)16)9(6)5-14/h2-3,11H,4H2,1H3,(H,15,16). The van der Waals surface area contributed by atoms with E-state index in [0.717, 1.165) is 6.07 Å². The van der Waals surface area contributed by atoms with Gasteiger partial charge >= 0.3 is 12.6 Å². The number of ether oxygens (including phenoxy) is 1. The van der Waals surface area contributed by atoms with E-state index in [-0.39, 0.29) is 16.9 Å². The van der Waals surface area contributed by atoms with E-state index in [1.807, 2.05) is 6.07 Å². The quantitative estimate of drug-likeness (QED) is 0.876. The van der Waals surface area contributed by atoms with Crippen molar-refractivity contribution in [1.82, 2.24) is 0 Å². The van der Waals surface area contributed by atoms with Crippen molar-refractivity contribution in [2.45, 2.75) is 20.0 Å². The topological polar surface area (TPSA) is 70.3 Å². The molecule has 0 amide bonds. The molecule has 0 saturated carbocycles. The molecule has 0 heterocycles. The van der Waals surface area contributed by atoms with Crippen molar-refractivity contribution in [3.63, 3.8) is 0 Å². The lowest BCUT2D eigenvalue weighted by molar-refractivity contribution is -0.136. The molecular formula is C11H9F2NO3. The summed E-state index contributed by atoms with van der Waals surface area (Å²) in [5.41, 5.74) is 0.742. The highest BCUT2D eigenvalue weighted by molar-refractivity contribution is 5.72. The molecule has 1 rings (SSSR count). The van der Waals surface area contributed by atoms with Crippen molar-refractivity contribution < 1.29 is 23.4 Å². The van der Waals surface area contributed by atoms with Crippen LogP contribution in [-0.2, 0) is 11.2 Å². The number of aryl methyl sites for hydroxylation is 1. The lowest BCUT2D eigenvalue weighted by atomic mass is 10.00. The summed E-state index contributed by atoms with van der Waals surface area (Å²) in [5.74, 6) is -1.29. The van der Waals surface area contributed by atoms with Gasteiger partial charge in [0.05, 0.1) is 18.1 Å². The molecule has 0 radical (unpaired) electrons. The average Bonchev–Trinajstić information content (AvgIpc) is 2.14. The number of carbonyl (C=O) groups is 1. The minimum Gasteiger partial charge on any atom is -0.481 e. The zero-order chi connectivity index (χ0) is 13.0. The van der Waals surface area contributed by atoms with Gasteiger partial charge in [-0.1, -0.05) is 0 Å². The van der Waals surface area contributed by atoms with Crippen LogP contribution in [0.2, 0.25) is 0 Å². The summed E-state index contributed by atoms with van der Waals surface area (Å²) < 4.78 is 28.2. The van der Waals surface area contributed by atoms with E-state index in [1.165, 1.54) is 13.0 Å². The number of carboxylic acid groups (broad SMARTS) is 1. The molecule has 0 fully saturated rings. The van der Waals surface area contributed by atoms with E-state index in [2.05, 4.69) is 4.74 Å². The number of hydrogen-bond donors (Lipinski definition) is 1. The Hall–Kier alpha value is -2.16. The molecule has 0 bridgehead atoms. The molecule has 0 aromatic heterocycles. The van der Waals surface area contributed by atoms with Gasteiger partial charge < -0.3 is 9.84 Å². The summed E-state index contributed by atoms with van der Waals surface area (Å²) in [7, 11) is 0. The smallest absolute Gasteiger partial charge is 0.387 e. The van der Waals surface area contributed by atoms with E-state index >= 15 is 0 Å². The molecule has 0 aliphatic rings. The van der Waals surface area contributed by atoms with Crippen LogP contribution in [0.15, 0.2) is 12.1 Å². The normalized spacial score (nSPS) is 10.1. The SMILES string of the molecule is Cc1cc(OC(F)F)cc(CC(=O)O)c1C#N. The number of alkyl halides is 2. The molecule has 1 aromatic carbocycles.